The van der Waals surface area contributed by atoms with Gasteiger partial charge < -0.3 is 11.1 Å². The molecule has 1 saturated carbocycles. The summed E-state index contributed by atoms with van der Waals surface area (Å²) in [4.78, 5) is 4.39. The van der Waals surface area contributed by atoms with E-state index in [-0.39, 0.29) is 6.04 Å². The van der Waals surface area contributed by atoms with E-state index in [4.69, 9.17) is 5.73 Å². The number of rotatable bonds is 3. The molecule has 3 nitrogen and oxygen atoms in total. The molecule has 1 aromatic rings. The number of nitrogens with one attached hydrogen (secondary N) is 1. The summed E-state index contributed by atoms with van der Waals surface area (Å²) >= 11 is 0. The van der Waals surface area contributed by atoms with Gasteiger partial charge in [0.1, 0.15) is 5.82 Å². The smallest absolute Gasteiger partial charge is 0.129 e. The van der Waals surface area contributed by atoms with E-state index in [0.717, 1.165) is 11.4 Å². The fourth-order valence-electron chi connectivity index (χ4n) is 1.42. The van der Waals surface area contributed by atoms with Crippen LogP contribution in [0.5, 0.6) is 0 Å². The van der Waals surface area contributed by atoms with Gasteiger partial charge in [0.25, 0.3) is 0 Å². The van der Waals surface area contributed by atoms with Gasteiger partial charge >= 0.3 is 0 Å². The topological polar surface area (TPSA) is 50.9 Å². The Labute approximate surface area is 84.7 Å². The molecule has 14 heavy (non-hydrogen) atoms. The Bertz CT molecular complexity index is 329. The molecule has 0 spiro atoms. The van der Waals surface area contributed by atoms with E-state index in [1.54, 1.807) is 0 Å². The number of hydrogen-bond acceptors (Lipinski definition) is 3. The molecule has 1 aromatic heterocycles. The van der Waals surface area contributed by atoms with E-state index in [1.807, 2.05) is 13.1 Å². The van der Waals surface area contributed by atoms with Crippen molar-refractivity contribution in [2.24, 2.45) is 5.73 Å². The van der Waals surface area contributed by atoms with Crippen molar-refractivity contribution in [3.63, 3.8) is 0 Å². The Balaban J connectivity index is 2.17. The highest BCUT2D eigenvalue weighted by atomic mass is 15.0. The molecule has 3 N–H and O–H groups in total. The number of hydrogen-bond donors (Lipinski definition) is 2. The van der Waals surface area contributed by atoms with Gasteiger partial charge in [-0.2, -0.15) is 0 Å². The second kappa shape index (κ2) is 3.58. The number of anilines is 1. The average Bonchev–Trinajstić information content (AvgIpc) is 2.92. The molecule has 1 aliphatic carbocycles. The van der Waals surface area contributed by atoms with E-state index >= 15 is 0 Å². The molecule has 0 radical (unpaired) electrons. The van der Waals surface area contributed by atoms with Gasteiger partial charge in [0.2, 0.25) is 0 Å². The molecule has 76 valence electrons. The standard InChI is InChI=1S/C11H17N3/c1-7-5-9(8(2)12)6-13-11(7)14-10-3-4-10/h5-6,8,10H,3-4,12H2,1-2H3,(H,13,14)/t8-/m0/s1. The molecular formula is C11H17N3. The zero-order valence-electron chi connectivity index (χ0n) is 8.75. The van der Waals surface area contributed by atoms with E-state index in [1.165, 1.54) is 18.4 Å². The van der Waals surface area contributed by atoms with Gasteiger partial charge in [0, 0.05) is 18.3 Å². The van der Waals surface area contributed by atoms with Crippen molar-refractivity contribution >= 4 is 5.82 Å². The van der Waals surface area contributed by atoms with Crippen LogP contribution in [0.4, 0.5) is 5.82 Å². The minimum Gasteiger partial charge on any atom is -0.367 e. The summed E-state index contributed by atoms with van der Waals surface area (Å²) in [6, 6.07) is 2.83. The van der Waals surface area contributed by atoms with Crippen LogP contribution in [0.2, 0.25) is 0 Å². The first kappa shape index (κ1) is 9.46. The Morgan fingerprint density at radius 3 is 2.79 bits per heavy atom. The first-order valence-electron chi connectivity index (χ1n) is 5.15. The summed E-state index contributed by atoms with van der Waals surface area (Å²) < 4.78 is 0. The molecule has 1 aliphatic rings. The largest absolute Gasteiger partial charge is 0.367 e. The van der Waals surface area contributed by atoms with Crippen LogP contribution in [0.25, 0.3) is 0 Å². The zero-order valence-corrected chi connectivity index (χ0v) is 8.75. The number of aromatic nitrogens is 1. The quantitative estimate of drug-likeness (QED) is 0.768. The van der Waals surface area contributed by atoms with Gasteiger partial charge in [0.05, 0.1) is 0 Å². The van der Waals surface area contributed by atoms with E-state index in [9.17, 15) is 0 Å². The van der Waals surface area contributed by atoms with Crippen LogP contribution in [-0.2, 0) is 0 Å². The Morgan fingerprint density at radius 1 is 1.57 bits per heavy atom. The monoisotopic (exact) mass is 191 g/mol. The summed E-state index contributed by atoms with van der Waals surface area (Å²) in [6.07, 6.45) is 4.41. The molecule has 1 heterocycles. The summed E-state index contributed by atoms with van der Waals surface area (Å²) in [5.41, 5.74) is 8.07. The number of nitrogens with zero attached hydrogens (tertiary/aromatic N) is 1. The molecule has 0 aliphatic heterocycles. The molecule has 0 unspecified atom stereocenters. The highest BCUT2D eigenvalue weighted by Gasteiger charge is 2.21. The molecule has 0 aromatic carbocycles. The fourth-order valence-corrected chi connectivity index (χ4v) is 1.42. The van der Waals surface area contributed by atoms with Crippen molar-refractivity contribution in [2.45, 2.75) is 38.8 Å². The van der Waals surface area contributed by atoms with Crippen LogP contribution >= 0.6 is 0 Å². The number of aryl methyl sites for hydroxylation is 1. The molecular weight excluding hydrogens is 174 g/mol. The molecule has 0 amide bonds. The minimum atomic E-state index is 0.0659. The van der Waals surface area contributed by atoms with E-state index in [0.29, 0.717) is 6.04 Å². The van der Waals surface area contributed by atoms with Crippen LogP contribution in [0.15, 0.2) is 12.3 Å². The normalized spacial score (nSPS) is 17.9. The van der Waals surface area contributed by atoms with Crippen LogP contribution in [0.3, 0.4) is 0 Å². The van der Waals surface area contributed by atoms with E-state index in [2.05, 4.69) is 23.3 Å². The first-order chi connectivity index (χ1) is 6.66. The van der Waals surface area contributed by atoms with Crippen molar-refractivity contribution in [2.75, 3.05) is 5.32 Å². The lowest BCUT2D eigenvalue weighted by atomic mass is 10.1. The lowest BCUT2D eigenvalue weighted by Crippen LogP contribution is -2.09. The number of pyridine rings is 1. The average molecular weight is 191 g/mol. The second-order valence-corrected chi connectivity index (χ2v) is 4.14. The molecule has 1 atom stereocenters. The fraction of sp³-hybridized carbons (Fsp3) is 0.545. The predicted octanol–water partition coefficient (Wildman–Crippen LogP) is 1.98. The summed E-state index contributed by atoms with van der Waals surface area (Å²) in [5.74, 6) is 1.01. The molecule has 3 heteroatoms. The Morgan fingerprint density at radius 2 is 2.29 bits per heavy atom. The maximum absolute atomic E-state index is 5.79. The van der Waals surface area contributed by atoms with Gasteiger partial charge in [-0.15, -0.1) is 0 Å². The van der Waals surface area contributed by atoms with Crippen molar-refractivity contribution in [1.29, 1.82) is 0 Å². The lowest BCUT2D eigenvalue weighted by molar-refractivity contribution is 0.809. The van der Waals surface area contributed by atoms with Gasteiger partial charge in [-0.25, -0.2) is 4.98 Å². The summed E-state index contributed by atoms with van der Waals surface area (Å²) in [7, 11) is 0. The predicted molar refractivity (Wildman–Crippen MR) is 58.2 cm³/mol. The van der Waals surface area contributed by atoms with Gasteiger partial charge in [-0.3, -0.25) is 0 Å². The van der Waals surface area contributed by atoms with E-state index < -0.39 is 0 Å². The maximum atomic E-state index is 5.79. The third kappa shape index (κ3) is 2.04. The molecule has 1 fully saturated rings. The highest BCUT2D eigenvalue weighted by Crippen LogP contribution is 2.25. The highest BCUT2D eigenvalue weighted by molar-refractivity contribution is 5.46. The van der Waals surface area contributed by atoms with Crippen LogP contribution < -0.4 is 11.1 Å². The Kier molecular flexibility index (Phi) is 2.42. The first-order valence-corrected chi connectivity index (χ1v) is 5.15. The van der Waals surface area contributed by atoms with Crippen LogP contribution in [-0.4, -0.2) is 11.0 Å². The maximum Gasteiger partial charge on any atom is 0.129 e. The summed E-state index contributed by atoms with van der Waals surface area (Å²) in [6.45, 7) is 4.05. The van der Waals surface area contributed by atoms with Crippen molar-refractivity contribution in [3.8, 4) is 0 Å². The molecule has 0 saturated heterocycles. The van der Waals surface area contributed by atoms with Crippen molar-refractivity contribution < 1.29 is 0 Å². The van der Waals surface area contributed by atoms with Crippen molar-refractivity contribution in [3.05, 3.63) is 23.4 Å². The Hall–Kier alpha value is -1.09. The van der Waals surface area contributed by atoms with Gasteiger partial charge in [0.15, 0.2) is 0 Å². The number of nitrogens with two attached hydrogens (primary N) is 1. The minimum absolute atomic E-state index is 0.0659. The lowest BCUT2D eigenvalue weighted by Gasteiger charge is -2.10. The second-order valence-electron chi connectivity index (χ2n) is 4.14. The third-order valence-corrected chi connectivity index (χ3v) is 2.54. The summed E-state index contributed by atoms with van der Waals surface area (Å²) in [5, 5.41) is 3.40. The van der Waals surface area contributed by atoms with Crippen LogP contribution in [0, 0.1) is 6.92 Å². The zero-order chi connectivity index (χ0) is 10.1. The van der Waals surface area contributed by atoms with Gasteiger partial charge in [-0.05, 0) is 43.9 Å². The van der Waals surface area contributed by atoms with Crippen LogP contribution in [0.1, 0.15) is 36.9 Å². The molecule has 0 bridgehead atoms. The third-order valence-electron chi connectivity index (χ3n) is 2.54. The molecule has 2 rings (SSSR count). The van der Waals surface area contributed by atoms with Crippen molar-refractivity contribution in [1.82, 2.24) is 4.98 Å². The SMILES string of the molecule is Cc1cc([C@H](C)N)cnc1NC1CC1. The van der Waals surface area contributed by atoms with Gasteiger partial charge in [-0.1, -0.05) is 0 Å².